The highest BCUT2D eigenvalue weighted by molar-refractivity contribution is 6.31. The molecule has 4 atom stereocenters. The van der Waals surface area contributed by atoms with Crippen molar-refractivity contribution in [3.8, 4) is 0 Å². The maximum absolute atomic E-state index is 15.3. The Morgan fingerprint density at radius 3 is 2.52 bits per heavy atom. The van der Waals surface area contributed by atoms with Gasteiger partial charge in [-0.25, -0.2) is 8.78 Å². The minimum atomic E-state index is -1.55. The van der Waals surface area contributed by atoms with Crippen LogP contribution in [0.15, 0.2) is 36.4 Å². The predicted molar refractivity (Wildman–Crippen MR) is 126 cm³/mol. The third-order valence-electron chi connectivity index (χ3n) is 7.54. The highest BCUT2D eigenvalue weighted by atomic mass is 35.5. The quantitative estimate of drug-likeness (QED) is 0.474. The molecule has 1 saturated heterocycles. The van der Waals surface area contributed by atoms with Crippen LogP contribution in [0.1, 0.15) is 62.5 Å². The van der Waals surface area contributed by atoms with Gasteiger partial charge in [-0.3, -0.25) is 10.1 Å². The van der Waals surface area contributed by atoms with E-state index in [4.69, 9.17) is 28.9 Å². The van der Waals surface area contributed by atoms with Crippen molar-refractivity contribution < 1.29 is 18.7 Å². The molecule has 1 saturated carbocycles. The van der Waals surface area contributed by atoms with Crippen LogP contribution in [0.3, 0.4) is 0 Å². The molecule has 4 N–H and O–H groups in total. The SMILES string of the molecule is CC1(CC2NC(C(=O)O)C(c3cccc(Cl)c3F)C2(N)c2ccc(Cl)cc2F)CCCCC1. The van der Waals surface area contributed by atoms with Crippen LogP contribution in [-0.4, -0.2) is 23.2 Å². The lowest BCUT2D eigenvalue weighted by Crippen LogP contribution is -2.53. The lowest BCUT2D eigenvalue weighted by atomic mass is 9.65. The number of halogens is 4. The second-order valence-corrected chi connectivity index (χ2v) is 10.6. The van der Waals surface area contributed by atoms with E-state index in [-0.39, 0.29) is 26.6 Å². The first-order valence-electron chi connectivity index (χ1n) is 11.2. The van der Waals surface area contributed by atoms with Gasteiger partial charge < -0.3 is 10.8 Å². The number of benzene rings is 2. The van der Waals surface area contributed by atoms with Crippen LogP contribution in [0.25, 0.3) is 0 Å². The van der Waals surface area contributed by atoms with Gasteiger partial charge in [-0.05, 0) is 48.4 Å². The standard InChI is InChI=1S/C25H28Cl2F2N2O2/c1-24(10-3-2-4-11-24)13-19-25(30,16-9-8-14(26)12-18(16)28)20(22(31-19)23(32)33)15-6-5-7-17(27)21(15)29/h5-9,12,19-20,22,31H,2-4,10-11,13,30H2,1H3,(H,32,33). The van der Waals surface area contributed by atoms with Crippen LogP contribution in [-0.2, 0) is 10.3 Å². The van der Waals surface area contributed by atoms with Gasteiger partial charge in [0.15, 0.2) is 0 Å². The largest absolute Gasteiger partial charge is 0.480 e. The first kappa shape index (κ1) is 24.4. The summed E-state index contributed by atoms with van der Waals surface area (Å²) in [6.07, 6.45) is 5.78. The second-order valence-electron chi connectivity index (χ2n) is 9.79. The summed E-state index contributed by atoms with van der Waals surface area (Å²) < 4.78 is 30.6. The summed E-state index contributed by atoms with van der Waals surface area (Å²) in [4.78, 5) is 12.4. The van der Waals surface area contributed by atoms with Gasteiger partial charge >= 0.3 is 5.97 Å². The Kier molecular flexibility index (Phi) is 6.76. The number of hydrogen-bond acceptors (Lipinski definition) is 3. The average Bonchev–Trinajstić information content (AvgIpc) is 3.03. The Morgan fingerprint density at radius 1 is 1.18 bits per heavy atom. The smallest absolute Gasteiger partial charge is 0.321 e. The van der Waals surface area contributed by atoms with Crippen molar-refractivity contribution in [3.63, 3.8) is 0 Å². The van der Waals surface area contributed by atoms with Crippen LogP contribution < -0.4 is 11.1 Å². The Hall–Kier alpha value is -1.73. The van der Waals surface area contributed by atoms with Crippen molar-refractivity contribution in [3.05, 3.63) is 69.2 Å². The molecule has 0 aromatic heterocycles. The van der Waals surface area contributed by atoms with Crippen LogP contribution in [0.4, 0.5) is 8.78 Å². The van der Waals surface area contributed by atoms with E-state index in [1.807, 2.05) is 0 Å². The number of nitrogens with one attached hydrogen (secondary N) is 1. The lowest BCUT2D eigenvalue weighted by Gasteiger charge is -2.42. The first-order valence-corrected chi connectivity index (χ1v) is 12.0. The van der Waals surface area contributed by atoms with Crippen LogP contribution >= 0.6 is 23.2 Å². The fourth-order valence-corrected chi connectivity index (χ4v) is 6.22. The highest BCUT2D eigenvalue weighted by Crippen LogP contribution is 2.51. The number of hydrogen-bond donors (Lipinski definition) is 3. The Balaban J connectivity index is 1.91. The number of aliphatic carboxylic acids is 1. The molecule has 8 heteroatoms. The second kappa shape index (κ2) is 9.14. The van der Waals surface area contributed by atoms with E-state index in [0.29, 0.717) is 6.42 Å². The molecule has 1 heterocycles. The first-order chi connectivity index (χ1) is 15.6. The van der Waals surface area contributed by atoms with Gasteiger partial charge in [-0.15, -0.1) is 0 Å². The normalized spacial score (nSPS) is 29.2. The van der Waals surface area contributed by atoms with E-state index in [1.165, 1.54) is 24.3 Å². The van der Waals surface area contributed by atoms with Crippen LogP contribution in [0.5, 0.6) is 0 Å². The van der Waals surface area contributed by atoms with Crippen LogP contribution in [0, 0.1) is 17.0 Å². The summed E-state index contributed by atoms with van der Waals surface area (Å²) in [5.74, 6) is -3.67. The molecule has 2 aromatic carbocycles. The highest BCUT2D eigenvalue weighted by Gasteiger charge is 2.59. The zero-order valence-corrected chi connectivity index (χ0v) is 19.9. The van der Waals surface area contributed by atoms with E-state index in [9.17, 15) is 9.90 Å². The number of carboxylic acids is 1. The molecule has 2 aromatic rings. The third kappa shape index (κ3) is 4.39. The van der Waals surface area contributed by atoms with Crippen molar-refractivity contribution in [1.82, 2.24) is 5.32 Å². The molecule has 4 unspecified atom stereocenters. The molecule has 0 radical (unpaired) electrons. The van der Waals surface area contributed by atoms with Crippen molar-refractivity contribution in [1.29, 1.82) is 0 Å². The topological polar surface area (TPSA) is 75.3 Å². The molecule has 1 aliphatic carbocycles. The fourth-order valence-electron chi connectivity index (χ4n) is 5.88. The zero-order valence-electron chi connectivity index (χ0n) is 18.4. The summed E-state index contributed by atoms with van der Waals surface area (Å²) in [5.41, 5.74) is 5.58. The lowest BCUT2D eigenvalue weighted by molar-refractivity contribution is -0.139. The van der Waals surface area contributed by atoms with Crippen molar-refractivity contribution in [2.24, 2.45) is 11.1 Å². The molecule has 4 rings (SSSR count). The summed E-state index contributed by atoms with van der Waals surface area (Å²) >= 11 is 12.0. The number of nitrogens with two attached hydrogens (primary N) is 1. The molecule has 0 spiro atoms. The minimum Gasteiger partial charge on any atom is -0.480 e. The number of carbonyl (C=O) groups is 1. The molecule has 2 fully saturated rings. The molecular weight excluding hydrogens is 469 g/mol. The van der Waals surface area contributed by atoms with Gasteiger partial charge in [-0.1, -0.05) is 67.6 Å². The number of carboxylic acid groups (broad SMARTS) is 1. The van der Waals surface area contributed by atoms with Gasteiger partial charge in [0.25, 0.3) is 0 Å². The van der Waals surface area contributed by atoms with E-state index in [2.05, 4.69) is 12.2 Å². The third-order valence-corrected chi connectivity index (χ3v) is 8.07. The fraction of sp³-hybridized carbons (Fsp3) is 0.480. The van der Waals surface area contributed by atoms with E-state index in [0.717, 1.165) is 38.2 Å². The summed E-state index contributed by atoms with van der Waals surface area (Å²) in [6.45, 7) is 2.16. The summed E-state index contributed by atoms with van der Waals surface area (Å²) in [5, 5.41) is 13.3. The monoisotopic (exact) mass is 496 g/mol. The van der Waals surface area contributed by atoms with Crippen molar-refractivity contribution in [2.75, 3.05) is 0 Å². The zero-order chi connectivity index (χ0) is 24.0. The van der Waals surface area contributed by atoms with Gasteiger partial charge in [0.05, 0.1) is 10.6 Å². The Labute approximate surface area is 202 Å². The average molecular weight is 497 g/mol. The molecular formula is C25H28Cl2F2N2O2. The van der Waals surface area contributed by atoms with E-state index >= 15 is 8.78 Å². The molecule has 33 heavy (non-hydrogen) atoms. The van der Waals surface area contributed by atoms with Gasteiger partial charge in [0.1, 0.15) is 17.7 Å². The molecule has 2 aliphatic rings. The number of rotatable bonds is 5. The van der Waals surface area contributed by atoms with Gasteiger partial charge in [-0.2, -0.15) is 0 Å². The van der Waals surface area contributed by atoms with Crippen molar-refractivity contribution in [2.45, 2.75) is 69.0 Å². The van der Waals surface area contributed by atoms with Crippen molar-refractivity contribution >= 4 is 29.2 Å². The minimum absolute atomic E-state index is 0.0514. The molecule has 4 nitrogen and oxygen atoms in total. The summed E-state index contributed by atoms with van der Waals surface area (Å²) in [7, 11) is 0. The summed E-state index contributed by atoms with van der Waals surface area (Å²) in [6, 6.07) is 6.74. The Bertz CT molecular complexity index is 1060. The van der Waals surface area contributed by atoms with Crippen LogP contribution in [0.2, 0.25) is 10.0 Å². The Morgan fingerprint density at radius 2 is 1.88 bits per heavy atom. The van der Waals surface area contributed by atoms with Gasteiger partial charge in [0.2, 0.25) is 0 Å². The maximum Gasteiger partial charge on any atom is 0.321 e. The molecule has 0 bridgehead atoms. The maximum atomic E-state index is 15.3. The molecule has 178 valence electrons. The molecule has 1 aliphatic heterocycles. The predicted octanol–water partition coefficient (Wildman–Crippen LogP) is 5.99. The van der Waals surface area contributed by atoms with E-state index < -0.39 is 41.1 Å². The molecule has 0 amide bonds. The van der Waals surface area contributed by atoms with Gasteiger partial charge in [0, 0.05) is 22.5 Å². The van der Waals surface area contributed by atoms with E-state index in [1.54, 1.807) is 6.07 Å².